The summed E-state index contributed by atoms with van der Waals surface area (Å²) in [7, 11) is 0. The van der Waals surface area contributed by atoms with Gasteiger partial charge in [0.1, 0.15) is 0 Å². The highest BCUT2D eigenvalue weighted by atomic mass is 31.0. The van der Waals surface area contributed by atoms with Gasteiger partial charge in [0, 0.05) is 9.90 Å². The molecule has 1 heteroatoms. The third kappa shape index (κ3) is 9.66. The maximum atomic E-state index is 2.25. The molecular formula is C7H16P. The van der Waals surface area contributed by atoms with Gasteiger partial charge in [-0.3, -0.25) is 0 Å². The lowest BCUT2D eigenvalue weighted by molar-refractivity contribution is 0.656. The highest BCUT2D eigenvalue weighted by Gasteiger charge is 1.80. The Morgan fingerprint density at radius 2 is 1.12 bits per heavy atom. The molecule has 0 spiro atoms. The molecule has 0 fully saturated rings. The largest absolute Gasteiger partial charge is 0.0654 e. The van der Waals surface area contributed by atoms with Gasteiger partial charge in [0.05, 0.1) is 0 Å². The summed E-state index contributed by atoms with van der Waals surface area (Å²) in [5.41, 5.74) is 0. The smallest absolute Gasteiger partial charge is 0 e. The molecule has 0 aromatic carbocycles. The van der Waals surface area contributed by atoms with Crippen molar-refractivity contribution in [2.75, 3.05) is 0 Å². The van der Waals surface area contributed by atoms with Crippen molar-refractivity contribution in [3.8, 4) is 0 Å². The molecule has 0 heterocycles. The topological polar surface area (TPSA) is 0 Å². The van der Waals surface area contributed by atoms with E-state index in [2.05, 4.69) is 13.8 Å². The van der Waals surface area contributed by atoms with Crippen LogP contribution in [0.4, 0.5) is 0 Å². The van der Waals surface area contributed by atoms with E-state index in [4.69, 9.17) is 0 Å². The number of hydrogen-bond acceptors (Lipinski definition) is 0. The first kappa shape index (κ1) is 11.3. The minimum atomic E-state index is 0. The van der Waals surface area contributed by atoms with Crippen LogP contribution in [0.25, 0.3) is 0 Å². The molecular weight excluding hydrogens is 115 g/mol. The van der Waals surface area contributed by atoms with E-state index >= 15 is 0 Å². The van der Waals surface area contributed by atoms with Gasteiger partial charge in [-0.2, -0.15) is 0 Å². The molecule has 0 amide bonds. The fraction of sp³-hybridized carbons (Fsp3) is 1.00. The first-order valence-electron chi connectivity index (χ1n) is 3.41. The van der Waals surface area contributed by atoms with Gasteiger partial charge < -0.3 is 0 Å². The maximum Gasteiger partial charge on any atom is 0 e. The highest BCUT2D eigenvalue weighted by Crippen LogP contribution is 2.00. The molecule has 0 rings (SSSR count). The molecule has 0 saturated carbocycles. The zero-order valence-corrected chi connectivity index (χ0v) is 6.88. The van der Waals surface area contributed by atoms with Crippen molar-refractivity contribution < 1.29 is 0 Å². The zero-order chi connectivity index (χ0) is 5.54. The molecule has 0 nitrogen and oxygen atoms in total. The van der Waals surface area contributed by atoms with Crippen LogP contribution in [0.3, 0.4) is 0 Å². The average Bonchev–Trinajstić information content (AvgIpc) is 1.69. The zero-order valence-electron chi connectivity index (χ0n) is 5.98. The van der Waals surface area contributed by atoms with E-state index in [0.29, 0.717) is 0 Å². The predicted octanol–water partition coefficient (Wildman–Crippen LogP) is 3.84. The van der Waals surface area contributed by atoms with Crippen LogP contribution in [0.15, 0.2) is 0 Å². The van der Waals surface area contributed by atoms with Gasteiger partial charge in [-0.05, 0) is 0 Å². The van der Waals surface area contributed by atoms with E-state index in [0.717, 1.165) is 0 Å². The van der Waals surface area contributed by atoms with Gasteiger partial charge >= 0.3 is 0 Å². The van der Waals surface area contributed by atoms with Gasteiger partial charge in [-0.25, -0.2) is 0 Å². The standard InChI is InChI=1S/C7H16.P/c1-3-5-7-6-4-2;/h3-7H2,1-2H3;. The average molecular weight is 131 g/mol. The van der Waals surface area contributed by atoms with E-state index in [-0.39, 0.29) is 9.90 Å². The molecule has 0 aliphatic carbocycles. The van der Waals surface area contributed by atoms with E-state index in [1.807, 2.05) is 0 Å². The van der Waals surface area contributed by atoms with E-state index < -0.39 is 0 Å². The van der Waals surface area contributed by atoms with Crippen LogP contribution in [-0.2, 0) is 0 Å². The Hall–Kier alpha value is 0.430. The second-order valence-corrected chi connectivity index (χ2v) is 2.06. The Kier molecular flexibility index (Phi) is 14.7. The molecule has 0 aliphatic heterocycles. The Morgan fingerprint density at radius 1 is 0.750 bits per heavy atom. The molecule has 0 saturated heterocycles. The molecule has 0 aromatic rings. The van der Waals surface area contributed by atoms with Crippen LogP contribution in [-0.4, -0.2) is 0 Å². The minimum absolute atomic E-state index is 0. The van der Waals surface area contributed by atoms with Gasteiger partial charge in [0.15, 0.2) is 0 Å². The number of unbranched alkanes of at least 4 members (excludes halogenated alkanes) is 4. The second kappa shape index (κ2) is 10.4. The molecule has 0 atom stereocenters. The second-order valence-electron chi connectivity index (χ2n) is 2.06. The molecule has 0 N–H and O–H groups in total. The SMILES string of the molecule is CCCCCCC.[P]. The highest BCUT2D eigenvalue weighted by molar-refractivity contribution is 6.92. The van der Waals surface area contributed by atoms with Gasteiger partial charge in [0.2, 0.25) is 0 Å². The molecule has 0 unspecified atom stereocenters. The predicted molar refractivity (Wildman–Crippen MR) is 41.4 cm³/mol. The lowest BCUT2D eigenvalue weighted by Gasteiger charge is -1.90. The van der Waals surface area contributed by atoms with E-state index in [1.54, 1.807) is 0 Å². The summed E-state index contributed by atoms with van der Waals surface area (Å²) in [6.45, 7) is 4.49. The Labute approximate surface area is 56.7 Å². The van der Waals surface area contributed by atoms with Gasteiger partial charge in [-0.15, -0.1) is 0 Å². The molecule has 49 valence electrons. The van der Waals surface area contributed by atoms with E-state index in [1.165, 1.54) is 32.1 Å². The lowest BCUT2D eigenvalue weighted by atomic mass is 10.2. The summed E-state index contributed by atoms with van der Waals surface area (Å²) in [4.78, 5) is 0. The van der Waals surface area contributed by atoms with Crippen molar-refractivity contribution in [2.24, 2.45) is 0 Å². The molecule has 0 aromatic heterocycles. The number of hydrogen-bond donors (Lipinski definition) is 0. The fourth-order valence-corrected chi connectivity index (χ4v) is 0.677. The summed E-state index contributed by atoms with van der Waals surface area (Å²) in [5.74, 6) is 0. The number of rotatable bonds is 4. The summed E-state index contributed by atoms with van der Waals surface area (Å²) in [5, 5.41) is 0. The Balaban J connectivity index is 0. The van der Waals surface area contributed by atoms with Crippen molar-refractivity contribution in [1.82, 2.24) is 0 Å². The van der Waals surface area contributed by atoms with Crippen LogP contribution >= 0.6 is 9.90 Å². The first-order valence-corrected chi connectivity index (χ1v) is 3.41. The van der Waals surface area contributed by atoms with Crippen LogP contribution in [0.5, 0.6) is 0 Å². The van der Waals surface area contributed by atoms with Crippen molar-refractivity contribution >= 4 is 9.90 Å². The normalized spacial score (nSPS) is 8.25. The molecule has 8 heavy (non-hydrogen) atoms. The summed E-state index contributed by atoms with van der Waals surface area (Å²) in [6.07, 6.45) is 7.01. The third-order valence-corrected chi connectivity index (χ3v) is 1.21. The molecule has 3 radical (unpaired) electrons. The summed E-state index contributed by atoms with van der Waals surface area (Å²) < 4.78 is 0. The van der Waals surface area contributed by atoms with E-state index in [9.17, 15) is 0 Å². The Bertz CT molecular complexity index is 23.6. The Morgan fingerprint density at radius 3 is 1.38 bits per heavy atom. The van der Waals surface area contributed by atoms with Gasteiger partial charge in [0.25, 0.3) is 0 Å². The third-order valence-electron chi connectivity index (χ3n) is 1.21. The van der Waals surface area contributed by atoms with Crippen molar-refractivity contribution in [3.05, 3.63) is 0 Å². The van der Waals surface area contributed by atoms with Gasteiger partial charge in [-0.1, -0.05) is 46.0 Å². The molecule has 0 bridgehead atoms. The maximum absolute atomic E-state index is 2.25. The van der Waals surface area contributed by atoms with Crippen LogP contribution < -0.4 is 0 Å². The van der Waals surface area contributed by atoms with Crippen molar-refractivity contribution in [1.29, 1.82) is 0 Å². The van der Waals surface area contributed by atoms with Crippen molar-refractivity contribution in [3.63, 3.8) is 0 Å². The summed E-state index contributed by atoms with van der Waals surface area (Å²) >= 11 is 0. The van der Waals surface area contributed by atoms with Crippen molar-refractivity contribution in [2.45, 2.75) is 46.0 Å². The monoisotopic (exact) mass is 131 g/mol. The van der Waals surface area contributed by atoms with Crippen LogP contribution in [0.2, 0.25) is 0 Å². The van der Waals surface area contributed by atoms with Crippen LogP contribution in [0, 0.1) is 0 Å². The fourth-order valence-electron chi connectivity index (χ4n) is 0.677. The van der Waals surface area contributed by atoms with Crippen LogP contribution in [0.1, 0.15) is 46.0 Å². The summed E-state index contributed by atoms with van der Waals surface area (Å²) in [6, 6.07) is 0. The lowest BCUT2D eigenvalue weighted by Crippen LogP contribution is -1.70. The first-order chi connectivity index (χ1) is 3.41. The quantitative estimate of drug-likeness (QED) is 0.401. The minimum Gasteiger partial charge on any atom is -0.0654 e. The molecule has 0 aliphatic rings.